The van der Waals surface area contributed by atoms with Gasteiger partial charge in [0.2, 0.25) is 0 Å². The Kier molecular flexibility index (Phi) is 2.80. The summed E-state index contributed by atoms with van der Waals surface area (Å²) in [6.45, 7) is 0. The Bertz CT molecular complexity index is 1050. The average Bonchev–Trinajstić information content (AvgIpc) is 3.14. The van der Waals surface area contributed by atoms with Crippen LogP contribution in [-0.4, -0.2) is 28.0 Å². The lowest BCUT2D eigenvalue weighted by molar-refractivity contribution is 0.0595. The summed E-state index contributed by atoms with van der Waals surface area (Å²) < 4.78 is 9.97. The van der Waals surface area contributed by atoms with E-state index in [-0.39, 0.29) is 6.01 Å². The molecule has 0 aliphatic heterocycles. The van der Waals surface area contributed by atoms with Gasteiger partial charge in [-0.25, -0.2) is 9.78 Å². The van der Waals surface area contributed by atoms with E-state index in [0.29, 0.717) is 22.4 Å². The average molecular weight is 308 g/mol. The van der Waals surface area contributed by atoms with Gasteiger partial charge in [-0.05, 0) is 29.8 Å². The van der Waals surface area contributed by atoms with E-state index in [1.165, 1.54) is 7.11 Å². The summed E-state index contributed by atoms with van der Waals surface area (Å²) in [6, 6.07) is 9.39. The zero-order valence-corrected chi connectivity index (χ0v) is 12.2. The van der Waals surface area contributed by atoms with Crippen molar-refractivity contribution in [2.24, 2.45) is 0 Å². The van der Waals surface area contributed by atoms with Crippen molar-refractivity contribution in [2.45, 2.75) is 0 Å². The summed E-state index contributed by atoms with van der Waals surface area (Å²) in [7, 11) is 1.34. The number of anilines is 1. The number of nitrogens with zero attached hydrogens (tertiary/aromatic N) is 2. The Labute approximate surface area is 130 Å². The Morgan fingerprint density at radius 1 is 1.26 bits per heavy atom. The van der Waals surface area contributed by atoms with Crippen LogP contribution in [0, 0.1) is 0 Å². The molecule has 114 valence electrons. The molecule has 3 N–H and O–H groups in total. The number of carbonyl (C=O) groups excluding carboxylic acids is 1. The second-order valence-corrected chi connectivity index (χ2v) is 5.07. The van der Waals surface area contributed by atoms with Crippen LogP contribution in [0.2, 0.25) is 0 Å². The molecule has 1 aromatic carbocycles. The highest BCUT2D eigenvalue weighted by molar-refractivity contribution is 5.95. The van der Waals surface area contributed by atoms with E-state index in [4.69, 9.17) is 14.9 Å². The highest BCUT2D eigenvalue weighted by atomic mass is 16.5. The SMILES string of the molecule is COC(=O)c1cc2cc(-c3ccc4oc(N)nc4c3)cnc2[nH]1. The van der Waals surface area contributed by atoms with E-state index in [9.17, 15) is 4.79 Å². The van der Waals surface area contributed by atoms with Crippen LogP contribution in [0.15, 0.2) is 40.9 Å². The van der Waals surface area contributed by atoms with Gasteiger partial charge in [0.15, 0.2) is 5.58 Å². The summed E-state index contributed by atoms with van der Waals surface area (Å²) in [6.07, 6.45) is 1.73. The first-order valence-electron chi connectivity index (χ1n) is 6.87. The number of ether oxygens (including phenoxy) is 1. The van der Waals surface area contributed by atoms with Gasteiger partial charge in [0.1, 0.15) is 16.9 Å². The molecule has 0 fully saturated rings. The molecule has 23 heavy (non-hydrogen) atoms. The number of carbonyl (C=O) groups is 1. The molecule has 0 bridgehead atoms. The second-order valence-electron chi connectivity index (χ2n) is 5.07. The lowest BCUT2D eigenvalue weighted by atomic mass is 10.1. The number of nitrogens with two attached hydrogens (primary N) is 1. The van der Waals surface area contributed by atoms with E-state index in [1.807, 2.05) is 24.3 Å². The van der Waals surface area contributed by atoms with Gasteiger partial charge in [-0.1, -0.05) is 6.07 Å². The molecule has 3 aromatic heterocycles. The van der Waals surface area contributed by atoms with Crippen LogP contribution < -0.4 is 5.73 Å². The molecule has 7 heteroatoms. The summed E-state index contributed by atoms with van der Waals surface area (Å²) in [5, 5.41) is 0.822. The molecule has 0 aliphatic rings. The maximum Gasteiger partial charge on any atom is 0.354 e. The van der Waals surface area contributed by atoms with E-state index in [2.05, 4.69) is 15.0 Å². The maximum absolute atomic E-state index is 11.6. The third-order valence-electron chi connectivity index (χ3n) is 3.61. The van der Waals surface area contributed by atoms with Crippen molar-refractivity contribution in [3.8, 4) is 11.1 Å². The van der Waals surface area contributed by atoms with Crippen LogP contribution in [0.5, 0.6) is 0 Å². The number of hydrogen-bond donors (Lipinski definition) is 2. The van der Waals surface area contributed by atoms with E-state index in [1.54, 1.807) is 12.3 Å². The summed E-state index contributed by atoms with van der Waals surface area (Å²) >= 11 is 0. The van der Waals surface area contributed by atoms with Crippen LogP contribution in [0.4, 0.5) is 6.01 Å². The predicted octanol–water partition coefficient (Wildman–Crippen LogP) is 2.74. The van der Waals surface area contributed by atoms with Crippen LogP contribution in [-0.2, 0) is 4.74 Å². The highest BCUT2D eigenvalue weighted by Crippen LogP contribution is 2.27. The predicted molar refractivity (Wildman–Crippen MR) is 84.8 cm³/mol. The Morgan fingerprint density at radius 3 is 2.96 bits per heavy atom. The number of aromatic amines is 1. The van der Waals surface area contributed by atoms with Crippen LogP contribution in [0.3, 0.4) is 0 Å². The summed E-state index contributed by atoms with van der Waals surface area (Å²) in [5.74, 6) is -0.427. The number of oxazole rings is 1. The number of esters is 1. The van der Waals surface area contributed by atoms with E-state index in [0.717, 1.165) is 16.5 Å². The van der Waals surface area contributed by atoms with Gasteiger partial charge < -0.3 is 19.9 Å². The minimum Gasteiger partial charge on any atom is -0.464 e. The second kappa shape index (κ2) is 4.84. The minimum atomic E-state index is -0.427. The van der Waals surface area contributed by atoms with E-state index < -0.39 is 5.97 Å². The number of nitrogen functional groups attached to an aromatic ring is 1. The van der Waals surface area contributed by atoms with Crippen molar-refractivity contribution in [1.82, 2.24) is 15.0 Å². The van der Waals surface area contributed by atoms with Crippen LogP contribution in [0.1, 0.15) is 10.5 Å². The van der Waals surface area contributed by atoms with Crippen molar-refractivity contribution in [3.63, 3.8) is 0 Å². The molecule has 0 saturated heterocycles. The number of methoxy groups -OCH3 is 1. The molecule has 0 spiro atoms. The van der Waals surface area contributed by atoms with Gasteiger partial charge >= 0.3 is 5.97 Å². The normalized spacial score (nSPS) is 11.2. The molecule has 0 saturated carbocycles. The fourth-order valence-electron chi connectivity index (χ4n) is 2.52. The smallest absolute Gasteiger partial charge is 0.354 e. The highest BCUT2D eigenvalue weighted by Gasteiger charge is 2.11. The number of rotatable bonds is 2. The molecule has 0 amide bonds. The lowest BCUT2D eigenvalue weighted by Gasteiger charge is -2.00. The monoisotopic (exact) mass is 308 g/mol. The van der Waals surface area contributed by atoms with Crippen molar-refractivity contribution >= 4 is 34.1 Å². The minimum absolute atomic E-state index is 0.138. The van der Waals surface area contributed by atoms with E-state index >= 15 is 0 Å². The largest absolute Gasteiger partial charge is 0.464 e. The quantitative estimate of drug-likeness (QED) is 0.551. The standard InChI is InChI=1S/C16H12N4O3/c1-22-15(21)12-6-9-4-10(7-18-14(9)19-12)8-2-3-13-11(5-8)20-16(17)23-13/h2-7H,1H3,(H2,17,20)(H,18,19). The van der Waals surface area contributed by atoms with Crippen molar-refractivity contribution < 1.29 is 13.9 Å². The molecule has 3 heterocycles. The van der Waals surface area contributed by atoms with Crippen molar-refractivity contribution in [2.75, 3.05) is 12.8 Å². The number of nitrogens with one attached hydrogen (secondary N) is 1. The molecule has 0 radical (unpaired) electrons. The van der Waals surface area contributed by atoms with Crippen molar-refractivity contribution in [3.05, 3.63) is 42.2 Å². The molecule has 7 nitrogen and oxygen atoms in total. The topological polar surface area (TPSA) is 107 Å². The molecule has 4 aromatic rings. The first-order chi connectivity index (χ1) is 11.1. The first kappa shape index (κ1) is 13.3. The van der Waals surface area contributed by atoms with Gasteiger partial charge in [-0.15, -0.1) is 0 Å². The van der Waals surface area contributed by atoms with Crippen LogP contribution >= 0.6 is 0 Å². The lowest BCUT2D eigenvalue weighted by Crippen LogP contribution is -2.00. The third kappa shape index (κ3) is 2.18. The maximum atomic E-state index is 11.6. The number of H-pyrrole nitrogens is 1. The van der Waals surface area contributed by atoms with Gasteiger partial charge in [0, 0.05) is 17.1 Å². The van der Waals surface area contributed by atoms with Crippen molar-refractivity contribution in [1.29, 1.82) is 0 Å². The number of fused-ring (bicyclic) bond motifs is 2. The zero-order chi connectivity index (χ0) is 16.0. The molecule has 0 aliphatic carbocycles. The molecule has 0 atom stereocenters. The molecular formula is C16H12N4O3. The number of aromatic nitrogens is 3. The molecule has 0 unspecified atom stereocenters. The number of pyridine rings is 1. The van der Waals surface area contributed by atoms with Crippen LogP contribution in [0.25, 0.3) is 33.3 Å². The zero-order valence-electron chi connectivity index (χ0n) is 12.2. The molecular weight excluding hydrogens is 296 g/mol. The number of hydrogen-bond acceptors (Lipinski definition) is 6. The van der Waals surface area contributed by atoms with Gasteiger partial charge in [0.05, 0.1) is 7.11 Å². The Morgan fingerprint density at radius 2 is 2.13 bits per heavy atom. The Balaban J connectivity index is 1.81. The Hall–Kier alpha value is -3.35. The third-order valence-corrected chi connectivity index (χ3v) is 3.61. The molecule has 4 rings (SSSR count). The summed E-state index contributed by atoms with van der Waals surface area (Å²) in [4.78, 5) is 23.0. The fourth-order valence-corrected chi connectivity index (χ4v) is 2.52. The van der Waals surface area contributed by atoms with Gasteiger partial charge in [-0.2, -0.15) is 4.98 Å². The summed E-state index contributed by atoms with van der Waals surface area (Å²) in [5.41, 5.74) is 9.70. The van der Waals surface area contributed by atoms with Gasteiger partial charge in [-0.3, -0.25) is 0 Å². The fraction of sp³-hybridized carbons (Fsp3) is 0.0625. The van der Waals surface area contributed by atoms with Gasteiger partial charge in [0.25, 0.3) is 6.01 Å². The number of benzene rings is 1. The first-order valence-corrected chi connectivity index (χ1v) is 6.87.